The molecule has 0 saturated heterocycles. The van der Waals surface area contributed by atoms with Gasteiger partial charge in [-0.1, -0.05) is 71.7 Å². The van der Waals surface area contributed by atoms with Crippen molar-refractivity contribution in [2.75, 3.05) is 5.32 Å². The predicted octanol–water partition coefficient (Wildman–Crippen LogP) is 6.82. The minimum atomic E-state index is -0.378. The molecule has 5 rings (SSSR count). The highest BCUT2D eigenvalue weighted by Gasteiger charge is 2.14. The summed E-state index contributed by atoms with van der Waals surface area (Å²) < 4.78 is 13.1. The van der Waals surface area contributed by atoms with Gasteiger partial charge in [-0.2, -0.15) is 5.10 Å². The molecule has 1 amide bonds. The van der Waals surface area contributed by atoms with Gasteiger partial charge in [0, 0.05) is 6.20 Å². The second kappa shape index (κ2) is 9.63. The maximum Gasteiger partial charge on any atom is 0.291 e. The first kappa shape index (κ1) is 22.1. The Morgan fingerprint density at radius 2 is 1.82 bits per heavy atom. The number of benzene rings is 3. The van der Waals surface area contributed by atoms with Crippen LogP contribution in [0.2, 0.25) is 10.0 Å². The quantitative estimate of drug-likeness (QED) is 0.271. The number of nitrogens with one attached hydrogen (secondary N) is 1. The Balaban J connectivity index is 1.22. The Bertz CT molecular complexity index is 1470. The van der Waals surface area contributed by atoms with Gasteiger partial charge in [0.15, 0.2) is 5.76 Å². The average Bonchev–Trinajstić information content (AvgIpc) is 3.50. The Hall–Kier alpha value is -3.74. The van der Waals surface area contributed by atoms with Gasteiger partial charge in [-0.15, -0.1) is 0 Å². The molecule has 0 spiro atoms. The summed E-state index contributed by atoms with van der Waals surface area (Å²) >= 11 is 12.1. The average molecular weight is 492 g/mol. The van der Waals surface area contributed by atoms with E-state index in [0.717, 1.165) is 5.56 Å². The lowest BCUT2D eigenvalue weighted by Crippen LogP contribution is -2.10. The molecule has 3 aromatic carbocycles. The predicted molar refractivity (Wildman–Crippen MR) is 133 cm³/mol. The molecule has 170 valence electrons. The van der Waals surface area contributed by atoms with Crippen LogP contribution < -0.4 is 10.1 Å². The lowest BCUT2D eigenvalue weighted by molar-refractivity contribution is 0.0992. The molecule has 0 radical (unpaired) electrons. The minimum absolute atomic E-state index is 0.107. The molecular weight excluding hydrogens is 473 g/mol. The third kappa shape index (κ3) is 4.78. The van der Waals surface area contributed by atoms with Crippen LogP contribution in [0.1, 0.15) is 21.9 Å². The van der Waals surface area contributed by atoms with Gasteiger partial charge >= 0.3 is 0 Å². The zero-order chi connectivity index (χ0) is 23.5. The van der Waals surface area contributed by atoms with Gasteiger partial charge in [0.05, 0.1) is 23.5 Å². The van der Waals surface area contributed by atoms with Crippen molar-refractivity contribution < 1.29 is 13.9 Å². The molecule has 34 heavy (non-hydrogen) atoms. The van der Waals surface area contributed by atoms with Crippen LogP contribution in [0, 0.1) is 0 Å². The third-order valence-corrected chi connectivity index (χ3v) is 6.08. The number of aromatic nitrogens is 2. The maximum atomic E-state index is 12.6. The molecule has 2 heterocycles. The van der Waals surface area contributed by atoms with E-state index in [-0.39, 0.29) is 18.3 Å². The van der Waals surface area contributed by atoms with Crippen LogP contribution in [0.15, 0.2) is 89.6 Å². The Morgan fingerprint density at radius 3 is 2.74 bits per heavy atom. The molecule has 6 nitrogen and oxygen atoms in total. The number of hydrogen-bond donors (Lipinski definition) is 1. The van der Waals surface area contributed by atoms with Crippen LogP contribution in [-0.4, -0.2) is 15.7 Å². The molecule has 2 aromatic heterocycles. The van der Waals surface area contributed by atoms with Crippen LogP contribution in [0.4, 0.5) is 5.69 Å². The summed E-state index contributed by atoms with van der Waals surface area (Å²) in [5.41, 5.74) is 1.72. The van der Waals surface area contributed by atoms with E-state index < -0.39 is 0 Å². The fraction of sp³-hybridized carbons (Fsp3) is 0.0769. The lowest BCUT2D eigenvalue weighted by atomic mass is 10.0. The van der Waals surface area contributed by atoms with Crippen LogP contribution >= 0.6 is 23.2 Å². The van der Waals surface area contributed by atoms with Crippen LogP contribution in [0.25, 0.3) is 10.8 Å². The normalized spacial score (nSPS) is 11.0. The zero-order valence-electron chi connectivity index (χ0n) is 17.9. The highest BCUT2D eigenvalue weighted by atomic mass is 35.5. The molecule has 8 heteroatoms. The maximum absolute atomic E-state index is 12.6. The van der Waals surface area contributed by atoms with E-state index in [1.165, 1.54) is 10.8 Å². The topological polar surface area (TPSA) is 69.3 Å². The number of carbonyl (C=O) groups excluding carboxylic acids is 1. The van der Waals surface area contributed by atoms with Crippen molar-refractivity contribution in [2.45, 2.75) is 13.2 Å². The minimum Gasteiger partial charge on any atom is -0.484 e. The number of hydrogen-bond acceptors (Lipinski definition) is 4. The summed E-state index contributed by atoms with van der Waals surface area (Å²) in [5, 5.41) is 10.3. The lowest BCUT2D eigenvalue weighted by Gasteiger charge is -2.07. The second-order valence-corrected chi connectivity index (χ2v) is 8.41. The number of amides is 1. The van der Waals surface area contributed by atoms with Crippen molar-refractivity contribution in [3.63, 3.8) is 0 Å². The van der Waals surface area contributed by atoms with Crippen molar-refractivity contribution in [1.29, 1.82) is 0 Å². The highest BCUT2D eigenvalue weighted by Crippen LogP contribution is 2.32. The summed E-state index contributed by atoms with van der Waals surface area (Å²) in [6.07, 6.45) is 3.39. The van der Waals surface area contributed by atoms with Crippen molar-refractivity contribution in [3.05, 3.63) is 112 Å². The molecule has 0 aliphatic rings. The molecule has 1 N–H and O–H groups in total. The van der Waals surface area contributed by atoms with Gasteiger partial charge in [0.1, 0.15) is 23.1 Å². The van der Waals surface area contributed by atoms with Crippen LogP contribution in [0.5, 0.6) is 5.75 Å². The molecule has 0 atom stereocenters. The van der Waals surface area contributed by atoms with E-state index in [1.807, 2.05) is 18.2 Å². The molecule has 0 aliphatic carbocycles. The summed E-state index contributed by atoms with van der Waals surface area (Å²) in [6, 6.07) is 22.8. The number of ether oxygens (including phenoxy) is 1. The molecule has 0 aliphatic heterocycles. The van der Waals surface area contributed by atoms with E-state index in [9.17, 15) is 4.79 Å². The number of nitrogens with zero attached hydrogens (tertiary/aromatic N) is 2. The summed E-state index contributed by atoms with van der Waals surface area (Å²) in [4.78, 5) is 12.6. The van der Waals surface area contributed by atoms with Gasteiger partial charge in [-0.3, -0.25) is 9.48 Å². The van der Waals surface area contributed by atoms with Gasteiger partial charge < -0.3 is 14.5 Å². The van der Waals surface area contributed by atoms with E-state index in [0.29, 0.717) is 33.8 Å². The van der Waals surface area contributed by atoms with E-state index in [1.54, 1.807) is 47.4 Å². The zero-order valence-corrected chi connectivity index (χ0v) is 19.4. The number of halogens is 2. The molecule has 0 unspecified atom stereocenters. The van der Waals surface area contributed by atoms with Gasteiger partial charge in [-0.25, -0.2) is 0 Å². The Kier molecular flexibility index (Phi) is 6.25. The van der Waals surface area contributed by atoms with Crippen LogP contribution in [0.3, 0.4) is 0 Å². The summed E-state index contributed by atoms with van der Waals surface area (Å²) in [5.74, 6) is 0.706. The molecule has 0 fully saturated rings. The highest BCUT2D eigenvalue weighted by molar-refractivity contribution is 6.42. The Labute approximate surface area is 205 Å². The van der Waals surface area contributed by atoms with E-state index in [4.69, 9.17) is 32.4 Å². The second-order valence-electron chi connectivity index (χ2n) is 7.63. The van der Waals surface area contributed by atoms with Crippen molar-refractivity contribution in [3.8, 4) is 5.75 Å². The standard InChI is InChI=1S/C26H19Cl2N3O3/c27-22-9-4-10-23(25(22)28)33-16-20-11-12-24(34-20)26(32)30-19-13-29-31(15-19)14-18-7-3-6-17-5-1-2-8-21(17)18/h1-13,15H,14,16H2,(H,30,32). The SMILES string of the molecule is O=C(Nc1cnn(Cc2cccc3ccccc23)c1)c1ccc(COc2cccc(Cl)c2Cl)o1. The van der Waals surface area contributed by atoms with Gasteiger partial charge in [-0.05, 0) is 40.6 Å². The number of carbonyl (C=O) groups is 1. The smallest absolute Gasteiger partial charge is 0.291 e. The first-order valence-electron chi connectivity index (χ1n) is 10.5. The number of anilines is 1. The van der Waals surface area contributed by atoms with Gasteiger partial charge in [0.2, 0.25) is 0 Å². The fourth-order valence-electron chi connectivity index (χ4n) is 3.63. The summed E-state index contributed by atoms with van der Waals surface area (Å²) in [6.45, 7) is 0.696. The number of furan rings is 1. The Morgan fingerprint density at radius 1 is 1.00 bits per heavy atom. The van der Waals surface area contributed by atoms with E-state index in [2.05, 4.69) is 34.7 Å². The van der Waals surface area contributed by atoms with Crippen molar-refractivity contribution in [2.24, 2.45) is 0 Å². The van der Waals surface area contributed by atoms with Crippen LogP contribution in [-0.2, 0) is 13.2 Å². The van der Waals surface area contributed by atoms with E-state index >= 15 is 0 Å². The molecule has 0 saturated carbocycles. The molecular formula is C26H19Cl2N3O3. The first-order valence-corrected chi connectivity index (χ1v) is 11.3. The number of fused-ring (bicyclic) bond motifs is 1. The molecule has 5 aromatic rings. The third-order valence-electron chi connectivity index (χ3n) is 5.27. The van der Waals surface area contributed by atoms with Crippen molar-refractivity contribution >= 4 is 45.6 Å². The first-order chi connectivity index (χ1) is 16.6. The number of rotatable bonds is 7. The summed E-state index contributed by atoms with van der Waals surface area (Å²) in [7, 11) is 0. The molecule has 0 bridgehead atoms. The largest absolute Gasteiger partial charge is 0.484 e. The fourth-order valence-corrected chi connectivity index (χ4v) is 3.98. The van der Waals surface area contributed by atoms with Gasteiger partial charge in [0.25, 0.3) is 5.91 Å². The monoisotopic (exact) mass is 491 g/mol. The van der Waals surface area contributed by atoms with Crippen molar-refractivity contribution in [1.82, 2.24) is 9.78 Å².